The topological polar surface area (TPSA) is 117 Å². The number of hydrogen-bond donors (Lipinski definition) is 2. The van der Waals surface area contributed by atoms with Crippen LogP contribution in [0, 0.1) is 0 Å². The minimum atomic E-state index is -0.816. The summed E-state index contributed by atoms with van der Waals surface area (Å²) in [5, 5.41) is 3.27. The smallest absolute Gasteiger partial charge is 0.271 e. The first-order valence-corrected chi connectivity index (χ1v) is 10.3. The molecule has 0 fully saturated rings. The molecule has 0 bridgehead atoms. The third kappa shape index (κ3) is 4.11. The zero-order valence-electron chi connectivity index (χ0n) is 15.9. The number of amides is 3. The van der Waals surface area contributed by atoms with Gasteiger partial charge in [0.15, 0.2) is 5.17 Å². The molecule has 0 radical (unpaired) electrons. The van der Waals surface area contributed by atoms with Crippen molar-refractivity contribution in [3.8, 4) is 0 Å². The van der Waals surface area contributed by atoms with Crippen LogP contribution in [-0.2, 0) is 20.9 Å². The minimum Gasteiger partial charge on any atom is -0.369 e. The predicted octanol–water partition coefficient (Wildman–Crippen LogP) is 1.57. The van der Waals surface area contributed by atoms with E-state index in [1.807, 2.05) is 54.6 Å². The van der Waals surface area contributed by atoms with Gasteiger partial charge in [-0.15, -0.1) is 0 Å². The zero-order chi connectivity index (χ0) is 21.1. The number of primary amides is 1. The Labute approximate surface area is 177 Å². The summed E-state index contributed by atoms with van der Waals surface area (Å²) in [7, 11) is 0. The fourth-order valence-electron chi connectivity index (χ4n) is 3.28. The summed E-state index contributed by atoms with van der Waals surface area (Å²) in [5.74, 6) is -0.733. The highest BCUT2D eigenvalue weighted by atomic mass is 32.2. The van der Waals surface area contributed by atoms with Gasteiger partial charge in [0, 0.05) is 12.1 Å². The van der Waals surface area contributed by atoms with E-state index in [-0.39, 0.29) is 18.1 Å². The molecule has 3 N–H and O–H groups in total. The van der Waals surface area contributed by atoms with Crippen molar-refractivity contribution in [2.24, 2.45) is 15.7 Å². The monoisotopic (exact) mass is 421 g/mol. The molecule has 3 amide bonds. The molecule has 152 valence electrons. The van der Waals surface area contributed by atoms with Gasteiger partial charge in [-0.1, -0.05) is 54.2 Å². The number of nitrogens with two attached hydrogens (primary N) is 1. The van der Waals surface area contributed by atoms with Crippen molar-refractivity contribution in [1.82, 2.24) is 10.2 Å². The number of aliphatic imine (C=N–C) groups is 2. The molecule has 30 heavy (non-hydrogen) atoms. The third-order valence-corrected chi connectivity index (χ3v) is 5.64. The quantitative estimate of drug-likeness (QED) is 0.734. The van der Waals surface area contributed by atoms with Crippen molar-refractivity contribution in [2.45, 2.75) is 19.0 Å². The van der Waals surface area contributed by atoms with E-state index in [0.29, 0.717) is 28.8 Å². The van der Waals surface area contributed by atoms with E-state index in [4.69, 9.17) is 5.73 Å². The number of carbonyl (C=O) groups excluding carboxylic acids is 3. The molecule has 2 heterocycles. The third-order valence-electron chi connectivity index (χ3n) is 4.66. The Bertz CT molecular complexity index is 1070. The predicted molar refractivity (Wildman–Crippen MR) is 115 cm³/mol. The van der Waals surface area contributed by atoms with E-state index in [9.17, 15) is 14.4 Å². The van der Waals surface area contributed by atoms with E-state index in [1.54, 1.807) is 4.90 Å². The van der Waals surface area contributed by atoms with Crippen molar-refractivity contribution < 1.29 is 14.4 Å². The Kier molecular flexibility index (Phi) is 5.62. The number of rotatable bonds is 6. The molecule has 1 atom stereocenters. The Balaban J connectivity index is 1.54. The number of para-hydroxylation sites is 1. The van der Waals surface area contributed by atoms with Gasteiger partial charge in [0.05, 0.1) is 17.9 Å². The van der Waals surface area contributed by atoms with E-state index in [2.05, 4.69) is 15.3 Å². The van der Waals surface area contributed by atoms with E-state index < -0.39 is 17.9 Å². The Hall–Kier alpha value is -3.46. The fraction of sp³-hybridized carbons (Fsp3) is 0.190. The zero-order valence-corrected chi connectivity index (χ0v) is 16.8. The van der Waals surface area contributed by atoms with Crippen LogP contribution in [0.15, 0.2) is 64.6 Å². The molecule has 1 unspecified atom stereocenters. The summed E-state index contributed by atoms with van der Waals surface area (Å²) >= 11 is 1.13. The van der Waals surface area contributed by atoms with E-state index in [0.717, 1.165) is 17.3 Å². The maximum absolute atomic E-state index is 12.7. The molecule has 2 aromatic rings. The molecule has 0 saturated heterocycles. The summed E-state index contributed by atoms with van der Waals surface area (Å²) in [4.78, 5) is 46.9. The van der Waals surface area contributed by atoms with Crippen LogP contribution in [0.3, 0.4) is 0 Å². The number of hydrogen-bond acceptors (Lipinski definition) is 6. The summed E-state index contributed by atoms with van der Waals surface area (Å²) in [5.41, 5.74) is 7.61. The first-order valence-electron chi connectivity index (χ1n) is 9.34. The fourth-order valence-corrected chi connectivity index (χ4v) is 4.07. The number of nitrogens with one attached hydrogen (secondary N) is 1. The highest BCUT2D eigenvalue weighted by molar-refractivity contribution is 8.14. The normalized spacial score (nSPS) is 17.0. The van der Waals surface area contributed by atoms with Crippen molar-refractivity contribution in [3.63, 3.8) is 0 Å². The van der Waals surface area contributed by atoms with Crippen LogP contribution >= 0.6 is 11.8 Å². The molecule has 2 aliphatic rings. The van der Waals surface area contributed by atoms with Crippen LogP contribution in [-0.4, -0.2) is 45.4 Å². The largest absolute Gasteiger partial charge is 0.369 e. The van der Waals surface area contributed by atoms with Gasteiger partial charge in [0.2, 0.25) is 11.8 Å². The average Bonchev–Trinajstić information content (AvgIpc) is 3.07. The molecular weight excluding hydrogens is 402 g/mol. The van der Waals surface area contributed by atoms with Crippen LogP contribution in [0.4, 0.5) is 5.69 Å². The lowest BCUT2D eigenvalue weighted by Crippen LogP contribution is -2.46. The molecule has 2 aromatic carbocycles. The van der Waals surface area contributed by atoms with E-state index in [1.165, 1.54) is 0 Å². The molecule has 0 spiro atoms. The molecule has 8 nitrogen and oxygen atoms in total. The second kappa shape index (κ2) is 8.50. The Morgan fingerprint density at radius 1 is 1.07 bits per heavy atom. The van der Waals surface area contributed by atoms with Crippen molar-refractivity contribution in [2.75, 3.05) is 5.75 Å². The number of nitrogens with zero attached hydrogens (tertiary/aromatic N) is 3. The van der Waals surface area contributed by atoms with Crippen LogP contribution in [0.2, 0.25) is 0 Å². The van der Waals surface area contributed by atoms with Gasteiger partial charge in [-0.2, -0.15) is 4.99 Å². The number of thioether (sulfide) groups is 1. The molecule has 9 heteroatoms. The van der Waals surface area contributed by atoms with Gasteiger partial charge in [0.25, 0.3) is 5.91 Å². The van der Waals surface area contributed by atoms with Crippen molar-refractivity contribution >= 4 is 46.2 Å². The van der Waals surface area contributed by atoms with Crippen LogP contribution in [0.5, 0.6) is 0 Å². The lowest BCUT2D eigenvalue weighted by Gasteiger charge is -2.30. The number of carbonyl (C=O) groups is 3. The highest BCUT2D eigenvalue weighted by Gasteiger charge is 2.42. The van der Waals surface area contributed by atoms with Crippen LogP contribution < -0.4 is 11.1 Å². The number of fused-ring (bicyclic) bond motifs is 3. The lowest BCUT2D eigenvalue weighted by atomic mass is 10.1. The average molecular weight is 421 g/mol. The maximum atomic E-state index is 12.7. The van der Waals surface area contributed by atoms with Gasteiger partial charge < -0.3 is 11.1 Å². The summed E-state index contributed by atoms with van der Waals surface area (Å²) < 4.78 is 0. The van der Waals surface area contributed by atoms with Crippen LogP contribution in [0.25, 0.3) is 0 Å². The second-order valence-electron chi connectivity index (χ2n) is 6.79. The Morgan fingerprint density at radius 3 is 2.57 bits per heavy atom. The summed E-state index contributed by atoms with van der Waals surface area (Å²) in [6, 6.07) is 16.0. The SMILES string of the molecule is NC(=O)CSC1=Nc2ccccc2C2=NC(=O)C(CC(=O)NCc3ccccc3)N12. The van der Waals surface area contributed by atoms with Crippen molar-refractivity contribution in [3.05, 3.63) is 65.7 Å². The second-order valence-corrected chi connectivity index (χ2v) is 7.73. The van der Waals surface area contributed by atoms with Gasteiger partial charge in [0.1, 0.15) is 11.9 Å². The molecule has 0 saturated carbocycles. The Morgan fingerprint density at radius 2 is 1.80 bits per heavy atom. The summed E-state index contributed by atoms with van der Waals surface area (Å²) in [6.07, 6.45) is -0.0724. The maximum Gasteiger partial charge on any atom is 0.271 e. The molecule has 0 aromatic heterocycles. The summed E-state index contributed by atoms with van der Waals surface area (Å²) in [6.45, 7) is 0.370. The first kappa shape index (κ1) is 19.8. The van der Waals surface area contributed by atoms with Crippen LogP contribution in [0.1, 0.15) is 17.5 Å². The standard InChI is InChI=1S/C21H19N5O3S/c22-17(27)12-30-21-24-15-9-5-4-8-14(15)19-25-20(29)16(26(19)21)10-18(28)23-11-13-6-2-1-3-7-13/h1-9,16H,10-12H2,(H2,22,27)(H,23,28). The number of amidine groups is 2. The lowest BCUT2D eigenvalue weighted by molar-refractivity contribution is -0.126. The van der Waals surface area contributed by atoms with Gasteiger partial charge >= 0.3 is 0 Å². The number of benzene rings is 2. The van der Waals surface area contributed by atoms with E-state index >= 15 is 0 Å². The highest BCUT2D eigenvalue weighted by Crippen LogP contribution is 2.34. The molecule has 4 rings (SSSR count). The van der Waals surface area contributed by atoms with Gasteiger partial charge in [-0.25, -0.2) is 4.99 Å². The van der Waals surface area contributed by atoms with Gasteiger partial charge in [-0.3, -0.25) is 19.3 Å². The minimum absolute atomic E-state index is 0.00585. The first-order chi connectivity index (χ1) is 14.5. The van der Waals surface area contributed by atoms with Crippen molar-refractivity contribution in [1.29, 1.82) is 0 Å². The molecule has 0 aliphatic carbocycles. The van der Waals surface area contributed by atoms with Gasteiger partial charge in [-0.05, 0) is 17.7 Å². The molecular formula is C21H19N5O3S. The molecule has 2 aliphatic heterocycles.